The number of para-hydroxylation sites is 1. The summed E-state index contributed by atoms with van der Waals surface area (Å²) in [5.41, 5.74) is 2.47. The highest BCUT2D eigenvalue weighted by Gasteiger charge is 2.11. The first-order valence-electron chi connectivity index (χ1n) is 6.01. The van der Waals surface area contributed by atoms with Crippen LogP contribution in [0, 0.1) is 11.3 Å². The van der Waals surface area contributed by atoms with Gasteiger partial charge in [0.25, 0.3) is 0 Å². The van der Waals surface area contributed by atoms with E-state index in [0.717, 1.165) is 11.3 Å². The maximum atomic E-state index is 9.01. The van der Waals surface area contributed by atoms with Crippen LogP contribution in [0.2, 0.25) is 0 Å². The third-order valence-electron chi connectivity index (χ3n) is 3.04. The number of nitrogens with zero attached hydrogens (tertiary/aromatic N) is 5. The number of nitriles is 1. The van der Waals surface area contributed by atoms with E-state index < -0.39 is 0 Å². The molecule has 6 heteroatoms. The molecule has 0 spiro atoms. The molecule has 98 valence electrons. The van der Waals surface area contributed by atoms with Crippen molar-refractivity contribution in [2.45, 2.75) is 6.54 Å². The number of methoxy groups -OCH3 is 1. The van der Waals surface area contributed by atoms with Gasteiger partial charge in [0.05, 0.1) is 20.0 Å². The van der Waals surface area contributed by atoms with Crippen LogP contribution in [0.4, 0.5) is 0 Å². The van der Waals surface area contributed by atoms with Crippen molar-refractivity contribution in [1.29, 1.82) is 5.26 Å². The Balaban J connectivity index is 2.06. The molecule has 3 rings (SSSR count). The molecule has 0 unspecified atom stereocenters. The predicted octanol–water partition coefficient (Wildman–Crippen LogP) is 1.75. The number of imidazole rings is 1. The van der Waals surface area contributed by atoms with E-state index in [1.54, 1.807) is 13.4 Å². The Hall–Kier alpha value is -2.94. The van der Waals surface area contributed by atoms with Crippen molar-refractivity contribution >= 4 is 11.2 Å². The summed E-state index contributed by atoms with van der Waals surface area (Å²) in [6.07, 6.45) is 3.04. The molecule has 2 heterocycles. The SMILES string of the molecule is COc1ccccc1Cn1cnc2c(C#N)ncnc21. The van der Waals surface area contributed by atoms with Gasteiger partial charge < -0.3 is 9.30 Å². The van der Waals surface area contributed by atoms with Gasteiger partial charge in [0.15, 0.2) is 11.3 Å². The average molecular weight is 265 g/mol. The maximum Gasteiger partial charge on any atom is 0.171 e. The van der Waals surface area contributed by atoms with Crippen LogP contribution in [0.5, 0.6) is 5.75 Å². The van der Waals surface area contributed by atoms with Crippen LogP contribution < -0.4 is 4.74 Å². The fourth-order valence-corrected chi connectivity index (χ4v) is 2.10. The number of rotatable bonds is 3. The molecule has 3 aromatic rings. The molecule has 0 saturated heterocycles. The van der Waals surface area contributed by atoms with Gasteiger partial charge in [-0.3, -0.25) is 0 Å². The number of hydrogen-bond donors (Lipinski definition) is 0. The zero-order chi connectivity index (χ0) is 13.9. The first-order valence-corrected chi connectivity index (χ1v) is 6.01. The lowest BCUT2D eigenvalue weighted by Gasteiger charge is -2.08. The molecule has 1 aromatic carbocycles. The van der Waals surface area contributed by atoms with Gasteiger partial charge >= 0.3 is 0 Å². The molecule has 0 saturated carbocycles. The lowest BCUT2D eigenvalue weighted by atomic mass is 10.2. The Morgan fingerprint density at radius 1 is 1.25 bits per heavy atom. The highest BCUT2D eigenvalue weighted by molar-refractivity contribution is 5.75. The van der Waals surface area contributed by atoms with Crippen molar-refractivity contribution in [2.24, 2.45) is 0 Å². The van der Waals surface area contributed by atoms with Crippen molar-refractivity contribution in [3.8, 4) is 11.8 Å². The Bertz CT molecular complexity index is 803. The van der Waals surface area contributed by atoms with E-state index in [2.05, 4.69) is 15.0 Å². The Morgan fingerprint density at radius 3 is 2.90 bits per heavy atom. The van der Waals surface area contributed by atoms with E-state index in [4.69, 9.17) is 10.00 Å². The van der Waals surface area contributed by atoms with Gasteiger partial charge in [-0.05, 0) is 6.07 Å². The van der Waals surface area contributed by atoms with Gasteiger partial charge in [0.2, 0.25) is 0 Å². The molecule has 0 atom stereocenters. The summed E-state index contributed by atoms with van der Waals surface area (Å²) in [5, 5.41) is 9.01. The summed E-state index contributed by atoms with van der Waals surface area (Å²) in [4.78, 5) is 12.3. The molecule has 0 amide bonds. The largest absolute Gasteiger partial charge is 0.496 e. The Morgan fingerprint density at radius 2 is 2.10 bits per heavy atom. The predicted molar refractivity (Wildman–Crippen MR) is 72.1 cm³/mol. The quantitative estimate of drug-likeness (QED) is 0.721. The van der Waals surface area contributed by atoms with Gasteiger partial charge in [-0.1, -0.05) is 18.2 Å². The molecule has 0 aliphatic carbocycles. The van der Waals surface area contributed by atoms with Gasteiger partial charge in [-0.25, -0.2) is 15.0 Å². The molecular formula is C14H11N5O. The van der Waals surface area contributed by atoms with E-state index in [-0.39, 0.29) is 5.69 Å². The zero-order valence-corrected chi connectivity index (χ0v) is 10.8. The van der Waals surface area contributed by atoms with Crippen molar-refractivity contribution in [3.63, 3.8) is 0 Å². The number of aromatic nitrogens is 4. The third kappa shape index (κ3) is 1.95. The van der Waals surface area contributed by atoms with Crippen LogP contribution in [-0.2, 0) is 6.54 Å². The fourth-order valence-electron chi connectivity index (χ4n) is 2.10. The molecule has 0 bridgehead atoms. The zero-order valence-electron chi connectivity index (χ0n) is 10.8. The molecule has 0 N–H and O–H groups in total. The second kappa shape index (κ2) is 4.97. The van der Waals surface area contributed by atoms with Crippen LogP contribution in [0.3, 0.4) is 0 Å². The van der Waals surface area contributed by atoms with Gasteiger partial charge in [-0.2, -0.15) is 5.26 Å². The second-order valence-electron chi connectivity index (χ2n) is 4.19. The Kier molecular flexibility index (Phi) is 3.01. The smallest absolute Gasteiger partial charge is 0.171 e. The van der Waals surface area contributed by atoms with Gasteiger partial charge in [0.1, 0.15) is 23.7 Å². The summed E-state index contributed by atoms with van der Waals surface area (Å²) in [6, 6.07) is 9.78. The molecule has 0 aliphatic heterocycles. The van der Waals surface area contributed by atoms with Crippen LogP contribution in [0.15, 0.2) is 36.9 Å². The van der Waals surface area contributed by atoms with E-state index in [9.17, 15) is 0 Å². The van der Waals surface area contributed by atoms with Crippen molar-refractivity contribution in [2.75, 3.05) is 7.11 Å². The molecule has 6 nitrogen and oxygen atoms in total. The van der Waals surface area contributed by atoms with E-state index in [1.807, 2.05) is 34.9 Å². The van der Waals surface area contributed by atoms with E-state index in [1.165, 1.54) is 6.33 Å². The second-order valence-corrected chi connectivity index (χ2v) is 4.19. The summed E-state index contributed by atoms with van der Waals surface area (Å²) in [7, 11) is 1.64. The van der Waals surface area contributed by atoms with Crippen molar-refractivity contribution < 1.29 is 4.74 Å². The van der Waals surface area contributed by atoms with Crippen molar-refractivity contribution in [1.82, 2.24) is 19.5 Å². The first kappa shape index (κ1) is 12.1. The van der Waals surface area contributed by atoms with Gasteiger partial charge in [0, 0.05) is 5.56 Å². The standard InChI is InChI=1S/C14H11N5O/c1-20-12-5-3-2-4-10(12)7-19-9-18-13-11(6-15)16-8-17-14(13)19/h2-5,8-9H,7H2,1H3. The van der Waals surface area contributed by atoms with Crippen LogP contribution in [-0.4, -0.2) is 26.6 Å². The highest BCUT2D eigenvalue weighted by atomic mass is 16.5. The van der Waals surface area contributed by atoms with Crippen LogP contribution >= 0.6 is 0 Å². The lowest BCUT2D eigenvalue weighted by molar-refractivity contribution is 0.408. The lowest BCUT2D eigenvalue weighted by Crippen LogP contribution is -2.02. The Labute approximate surface area is 115 Å². The topological polar surface area (TPSA) is 76.6 Å². The minimum absolute atomic E-state index is 0.286. The molecule has 0 fully saturated rings. The summed E-state index contributed by atoms with van der Waals surface area (Å²) in [6.45, 7) is 0.572. The van der Waals surface area contributed by atoms with Crippen LogP contribution in [0.1, 0.15) is 11.3 Å². The molecule has 2 aromatic heterocycles. The average Bonchev–Trinajstić information content (AvgIpc) is 2.91. The first-order chi connectivity index (χ1) is 9.83. The van der Waals surface area contributed by atoms with Crippen LogP contribution in [0.25, 0.3) is 11.2 Å². The van der Waals surface area contributed by atoms with E-state index in [0.29, 0.717) is 17.7 Å². The molecular weight excluding hydrogens is 254 g/mol. The number of benzene rings is 1. The highest BCUT2D eigenvalue weighted by Crippen LogP contribution is 2.20. The van der Waals surface area contributed by atoms with E-state index >= 15 is 0 Å². The summed E-state index contributed by atoms with van der Waals surface area (Å²) < 4.78 is 7.20. The van der Waals surface area contributed by atoms with Crippen molar-refractivity contribution in [3.05, 3.63) is 48.2 Å². The third-order valence-corrected chi connectivity index (χ3v) is 3.04. The number of hydrogen-bond acceptors (Lipinski definition) is 5. The molecule has 20 heavy (non-hydrogen) atoms. The minimum atomic E-state index is 0.286. The fraction of sp³-hybridized carbons (Fsp3) is 0.143. The summed E-state index contributed by atoms with van der Waals surface area (Å²) >= 11 is 0. The van der Waals surface area contributed by atoms with Gasteiger partial charge in [-0.15, -0.1) is 0 Å². The normalized spacial score (nSPS) is 10.4. The number of fused-ring (bicyclic) bond motifs is 1. The molecule has 0 aliphatic rings. The summed E-state index contributed by atoms with van der Waals surface area (Å²) in [5.74, 6) is 0.809. The monoisotopic (exact) mass is 265 g/mol. The molecule has 0 radical (unpaired) electrons. The maximum absolute atomic E-state index is 9.01. The minimum Gasteiger partial charge on any atom is -0.496 e. The number of ether oxygens (including phenoxy) is 1.